The first-order valence-electron chi connectivity index (χ1n) is 4.80. The monoisotopic (exact) mass is 269 g/mol. The highest BCUT2D eigenvalue weighted by Crippen LogP contribution is 2.14. The Morgan fingerprint density at radius 2 is 1.94 bits per heavy atom. The third kappa shape index (κ3) is 2.78. The van der Waals surface area contributed by atoms with Gasteiger partial charge in [-0.2, -0.15) is 0 Å². The summed E-state index contributed by atoms with van der Waals surface area (Å²) in [5, 5.41) is 2.51. The second-order valence-electron chi connectivity index (χ2n) is 3.31. The van der Waals surface area contributed by atoms with Crippen LogP contribution in [0.3, 0.4) is 0 Å². The van der Waals surface area contributed by atoms with Gasteiger partial charge in [-0.25, -0.2) is 18.7 Å². The summed E-state index contributed by atoms with van der Waals surface area (Å²) in [6.45, 7) is 0. The van der Waals surface area contributed by atoms with Crippen molar-refractivity contribution in [2.24, 2.45) is 0 Å². The Morgan fingerprint density at radius 3 is 2.56 bits per heavy atom. The lowest BCUT2D eigenvalue weighted by atomic mass is 10.3. The van der Waals surface area contributed by atoms with Gasteiger partial charge in [0.25, 0.3) is 5.91 Å². The number of aromatic nitrogens is 2. The number of nitrogens with zero attached hydrogens (tertiary/aromatic N) is 2. The van der Waals surface area contributed by atoms with Crippen LogP contribution in [0.4, 0.5) is 14.5 Å². The standard InChI is InChI=1S/C11H6ClF2N3O/c12-10-5-15-9(4-16-10)11(18)17-6-1-2-7(13)8(14)3-6/h1-5H,(H,17,18). The normalized spacial score (nSPS) is 10.2. The molecule has 0 aliphatic heterocycles. The fourth-order valence-electron chi connectivity index (χ4n) is 1.20. The van der Waals surface area contributed by atoms with Gasteiger partial charge in [0.15, 0.2) is 11.6 Å². The minimum absolute atomic E-state index is 0.0177. The molecule has 0 saturated heterocycles. The maximum Gasteiger partial charge on any atom is 0.275 e. The molecule has 0 bridgehead atoms. The molecule has 1 heterocycles. The lowest BCUT2D eigenvalue weighted by molar-refractivity contribution is 0.102. The van der Waals surface area contributed by atoms with Gasteiger partial charge < -0.3 is 5.32 Å². The van der Waals surface area contributed by atoms with Gasteiger partial charge in [-0.05, 0) is 12.1 Å². The molecule has 1 N–H and O–H groups in total. The highest BCUT2D eigenvalue weighted by Gasteiger charge is 2.09. The molecule has 1 aromatic heterocycles. The van der Waals surface area contributed by atoms with E-state index in [9.17, 15) is 13.6 Å². The van der Waals surface area contributed by atoms with Gasteiger partial charge >= 0.3 is 0 Å². The molecule has 0 unspecified atom stereocenters. The van der Waals surface area contributed by atoms with E-state index < -0.39 is 17.5 Å². The number of hydrogen-bond acceptors (Lipinski definition) is 3. The number of amides is 1. The van der Waals surface area contributed by atoms with Crippen LogP contribution in [0.5, 0.6) is 0 Å². The summed E-state index contributed by atoms with van der Waals surface area (Å²) < 4.78 is 25.6. The Bertz CT molecular complexity index is 589. The first kappa shape index (κ1) is 12.4. The highest BCUT2D eigenvalue weighted by atomic mass is 35.5. The quantitative estimate of drug-likeness (QED) is 0.912. The Balaban J connectivity index is 2.16. The van der Waals surface area contributed by atoms with Crippen LogP contribution in [-0.2, 0) is 0 Å². The third-order valence-electron chi connectivity index (χ3n) is 2.03. The number of hydrogen-bond donors (Lipinski definition) is 1. The maximum atomic E-state index is 12.9. The SMILES string of the molecule is O=C(Nc1ccc(F)c(F)c1)c1cnc(Cl)cn1. The van der Waals surface area contributed by atoms with E-state index in [-0.39, 0.29) is 16.5 Å². The number of anilines is 1. The smallest absolute Gasteiger partial charge is 0.275 e. The van der Waals surface area contributed by atoms with Gasteiger partial charge in [0.05, 0.1) is 12.4 Å². The van der Waals surface area contributed by atoms with Crippen molar-refractivity contribution in [3.8, 4) is 0 Å². The Hall–Kier alpha value is -2.08. The zero-order valence-electron chi connectivity index (χ0n) is 8.82. The Labute approximate surface area is 106 Å². The Kier molecular flexibility index (Phi) is 3.47. The number of benzene rings is 1. The van der Waals surface area contributed by atoms with Crippen LogP contribution in [0.1, 0.15) is 10.5 Å². The second-order valence-corrected chi connectivity index (χ2v) is 3.69. The molecule has 0 aliphatic rings. The molecule has 0 radical (unpaired) electrons. The minimum atomic E-state index is -1.05. The molecule has 7 heteroatoms. The topological polar surface area (TPSA) is 54.9 Å². The number of nitrogens with one attached hydrogen (secondary N) is 1. The van der Waals surface area contributed by atoms with Gasteiger partial charge in [-0.1, -0.05) is 11.6 Å². The first-order chi connectivity index (χ1) is 8.56. The third-order valence-corrected chi connectivity index (χ3v) is 2.23. The van der Waals surface area contributed by atoms with Crippen molar-refractivity contribution in [1.29, 1.82) is 0 Å². The molecule has 0 aliphatic carbocycles. The molecule has 0 saturated carbocycles. The molecule has 92 valence electrons. The summed E-state index contributed by atoms with van der Waals surface area (Å²) in [5.41, 5.74) is 0.139. The molecule has 1 aromatic carbocycles. The van der Waals surface area contributed by atoms with Gasteiger partial charge in [0, 0.05) is 11.8 Å². The maximum absolute atomic E-state index is 12.9. The van der Waals surface area contributed by atoms with Crippen molar-refractivity contribution < 1.29 is 13.6 Å². The molecule has 4 nitrogen and oxygen atoms in total. The van der Waals surface area contributed by atoms with E-state index in [4.69, 9.17) is 11.6 Å². The van der Waals surface area contributed by atoms with Gasteiger partial charge in [-0.3, -0.25) is 4.79 Å². The molecule has 0 atom stereocenters. The fraction of sp³-hybridized carbons (Fsp3) is 0. The van der Waals surface area contributed by atoms with Crippen molar-refractivity contribution in [1.82, 2.24) is 9.97 Å². The van der Waals surface area contributed by atoms with E-state index in [1.807, 2.05) is 0 Å². The summed E-state index contributed by atoms with van der Waals surface area (Å²) in [6, 6.07) is 3.02. The lowest BCUT2D eigenvalue weighted by Crippen LogP contribution is -2.14. The summed E-state index contributed by atoms with van der Waals surface area (Å²) in [5.74, 6) is -2.63. The van der Waals surface area contributed by atoms with Crippen LogP contribution in [0.2, 0.25) is 5.15 Å². The van der Waals surface area contributed by atoms with E-state index in [1.165, 1.54) is 18.5 Å². The van der Waals surface area contributed by atoms with Crippen LogP contribution in [-0.4, -0.2) is 15.9 Å². The summed E-state index contributed by atoms with van der Waals surface area (Å²) in [7, 11) is 0. The van der Waals surface area contributed by atoms with Crippen molar-refractivity contribution >= 4 is 23.2 Å². The van der Waals surface area contributed by atoms with Gasteiger partial charge in [0.1, 0.15) is 10.8 Å². The first-order valence-corrected chi connectivity index (χ1v) is 5.18. The van der Waals surface area contributed by atoms with Gasteiger partial charge in [0.2, 0.25) is 0 Å². The fourth-order valence-corrected chi connectivity index (χ4v) is 1.30. The van der Waals surface area contributed by atoms with Crippen LogP contribution >= 0.6 is 11.6 Å². The highest BCUT2D eigenvalue weighted by molar-refractivity contribution is 6.29. The van der Waals surface area contributed by atoms with E-state index in [1.54, 1.807) is 0 Å². The molecular formula is C11H6ClF2N3O. The predicted octanol–water partition coefficient (Wildman–Crippen LogP) is 2.66. The van der Waals surface area contributed by atoms with Crippen LogP contribution < -0.4 is 5.32 Å². The second kappa shape index (κ2) is 5.05. The molecular weight excluding hydrogens is 264 g/mol. The minimum Gasteiger partial charge on any atom is -0.320 e. The van der Waals surface area contributed by atoms with Crippen LogP contribution in [0, 0.1) is 11.6 Å². The zero-order valence-corrected chi connectivity index (χ0v) is 9.58. The molecule has 18 heavy (non-hydrogen) atoms. The van der Waals surface area contributed by atoms with Crippen molar-refractivity contribution in [2.75, 3.05) is 5.32 Å². The zero-order chi connectivity index (χ0) is 13.1. The average molecular weight is 270 g/mol. The van der Waals surface area contributed by atoms with Gasteiger partial charge in [-0.15, -0.1) is 0 Å². The largest absolute Gasteiger partial charge is 0.320 e. The molecule has 2 aromatic rings. The lowest BCUT2D eigenvalue weighted by Gasteiger charge is -2.04. The number of carbonyl (C=O) groups is 1. The van der Waals surface area contributed by atoms with Crippen molar-refractivity contribution in [3.05, 3.63) is 53.1 Å². The number of halogens is 3. The summed E-state index contributed by atoms with van der Waals surface area (Å²) >= 11 is 5.52. The molecule has 1 amide bonds. The average Bonchev–Trinajstić information content (AvgIpc) is 2.34. The molecule has 0 spiro atoms. The number of carbonyl (C=O) groups excluding carboxylic acids is 1. The van der Waals surface area contributed by atoms with Crippen molar-refractivity contribution in [2.45, 2.75) is 0 Å². The van der Waals surface area contributed by atoms with Crippen molar-refractivity contribution in [3.63, 3.8) is 0 Å². The molecule has 0 fully saturated rings. The summed E-state index contributed by atoms with van der Waals surface area (Å²) in [4.78, 5) is 19.1. The molecule has 2 rings (SSSR count). The van der Waals surface area contributed by atoms with Crippen LogP contribution in [0.25, 0.3) is 0 Å². The summed E-state index contributed by atoms with van der Waals surface area (Å²) in [6.07, 6.45) is 2.39. The van der Waals surface area contributed by atoms with E-state index in [2.05, 4.69) is 15.3 Å². The Morgan fingerprint density at radius 1 is 1.17 bits per heavy atom. The van der Waals surface area contributed by atoms with E-state index in [0.717, 1.165) is 12.1 Å². The van der Waals surface area contributed by atoms with E-state index in [0.29, 0.717) is 0 Å². The number of rotatable bonds is 2. The van der Waals surface area contributed by atoms with E-state index >= 15 is 0 Å². The predicted molar refractivity (Wildman–Crippen MR) is 61.4 cm³/mol. The van der Waals surface area contributed by atoms with Crippen LogP contribution in [0.15, 0.2) is 30.6 Å².